The van der Waals surface area contributed by atoms with E-state index in [9.17, 15) is 19.5 Å². The molecule has 0 spiro atoms. The van der Waals surface area contributed by atoms with Crippen LogP contribution < -0.4 is 10.6 Å². The van der Waals surface area contributed by atoms with Crippen molar-refractivity contribution in [2.24, 2.45) is 11.3 Å². The lowest BCUT2D eigenvalue weighted by Gasteiger charge is -2.26. The fraction of sp³-hybridized carbons (Fsp3) is 0.464. The van der Waals surface area contributed by atoms with Crippen LogP contribution in [-0.2, 0) is 14.3 Å². The number of fused-ring (bicyclic) bond motifs is 4. The van der Waals surface area contributed by atoms with Gasteiger partial charge in [0.15, 0.2) is 0 Å². The van der Waals surface area contributed by atoms with Gasteiger partial charge in [-0.25, -0.2) is 4.79 Å². The number of carboxylic acid groups (broad SMARTS) is 1. The summed E-state index contributed by atoms with van der Waals surface area (Å²) in [7, 11) is 0. The highest BCUT2D eigenvalue weighted by Crippen LogP contribution is 2.63. The Bertz CT molecular complexity index is 1130. The number of carbonyl (C=O) groups is 3. The van der Waals surface area contributed by atoms with Gasteiger partial charge in [-0.05, 0) is 67.7 Å². The Kier molecular flexibility index (Phi) is 5.82. The van der Waals surface area contributed by atoms with Gasteiger partial charge in [-0.3, -0.25) is 9.59 Å². The first-order chi connectivity index (χ1) is 16.7. The molecular formula is C28H32N2O5. The first kappa shape index (κ1) is 23.4. The lowest BCUT2D eigenvalue weighted by atomic mass is 9.97. The number of carboxylic acids is 1. The summed E-state index contributed by atoms with van der Waals surface area (Å²) in [5.74, 6) is -0.669. The van der Waals surface area contributed by atoms with Crippen molar-refractivity contribution in [1.29, 1.82) is 0 Å². The lowest BCUT2D eigenvalue weighted by molar-refractivity contribution is -0.143. The molecule has 5 rings (SSSR count). The van der Waals surface area contributed by atoms with Crippen LogP contribution in [0.4, 0.5) is 4.79 Å². The van der Waals surface area contributed by atoms with Gasteiger partial charge in [0.25, 0.3) is 0 Å². The van der Waals surface area contributed by atoms with E-state index in [0.29, 0.717) is 12.8 Å². The van der Waals surface area contributed by atoms with Crippen molar-refractivity contribution in [2.45, 2.75) is 63.5 Å². The normalized spacial score (nSPS) is 24.2. The number of aliphatic carboxylic acids is 1. The summed E-state index contributed by atoms with van der Waals surface area (Å²) < 4.78 is 5.63. The number of amides is 2. The summed E-state index contributed by atoms with van der Waals surface area (Å²) in [6.45, 7) is 3.97. The van der Waals surface area contributed by atoms with E-state index in [1.54, 1.807) is 0 Å². The number of alkyl carbamates (subject to hydrolysis) is 1. The largest absolute Gasteiger partial charge is 0.481 e. The average Bonchev–Trinajstić information content (AvgIpc) is 3.25. The Labute approximate surface area is 205 Å². The highest BCUT2D eigenvalue weighted by molar-refractivity contribution is 5.81. The molecule has 7 nitrogen and oxygen atoms in total. The van der Waals surface area contributed by atoms with Gasteiger partial charge >= 0.3 is 12.1 Å². The van der Waals surface area contributed by atoms with Gasteiger partial charge in [0.05, 0.1) is 5.41 Å². The summed E-state index contributed by atoms with van der Waals surface area (Å²) in [4.78, 5) is 36.5. The topological polar surface area (TPSA) is 105 Å². The summed E-state index contributed by atoms with van der Waals surface area (Å²) in [5.41, 5.74) is 3.44. The molecule has 2 fully saturated rings. The summed E-state index contributed by atoms with van der Waals surface area (Å²) in [6, 6.07) is 16.3. The van der Waals surface area contributed by atoms with Gasteiger partial charge in [-0.2, -0.15) is 0 Å². The van der Waals surface area contributed by atoms with Crippen LogP contribution in [0, 0.1) is 11.3 Å². The third-order valence-electron chi connectivity index (χ3n) is 7.96. The van der Waals surface area contributed by atoms with Gasteiger partial charge in [0.1, 0.15) is 6.61 Å². The number of benzene rings is 2. The van der Waals surface area contributed by atoms with Crippen molar-refractivity contribution in [3.8, 4) is 11.1 Å². The van der Waals surface area contributed by atoms with E-state index in [1.807, 2.05) is 38.1 Å². The van der Waals surface area contributed by atoms with E-state index in [2.05, 4.69) is 34.9 Å². The number of hydrogen-bond acceptors (Lipinski definition) is 4. The zero-order valence-corrected chi connectivity index (χ0v) is 20.2. The molecule has 0 heterocycles. The number of hydrogen-bond donors (Lipinski definition) is 3. The van der Waals surface area contributed by atoms with Crippen molar-refractivity contribution in [1.82, 2.24) is 10.6 Å². The van der Waals surface area contributed by atoms with Crippen molar-refractivity contribution >= 4 is 18.0 Å². The molecule has 3 N–H and O–H groups in total. The number of ether oxygens (including phenoxy) is 1. The van der Waals surface area contributed by atoms with Crippen LogP contribution in [0.5, 0.6) is 0 Å². The summed E-state index contributed by atoms with van der Waals surface area (Å²) in [5, 5.41) is 15.3. The van der Waals surface area contributed by atoms with E-state index in [4.69, 9.17) is 4.74 Å². The van der Waals surface area contributed by atoms with Gasteiger partial charge in [0.2, 0.25) is 5.91 Å². The molecule has 3 atom stereocenters. The van der Waals surface area contributed by atoms with Crippen LogP contribution in [0.3, 0.4) is 0 Å². The van der Waals surface area contributed by atoms with Crippen molar-refractivity contribution < 1.29 is 24.2 Å². The first-order valence-corrected chi connectivity index (χ1v) is 12.3. The van der Waals surface area contributed by atoms with E-state index < -0.39 is 23.0 Å². The highest BCUT2D eigenvalue weighted by atomic mass is 16.5. The first-order valence-electron chi connectivity index (χ1n) is 12.3. The molecule has 2 amide bonds. The maximum Gasteiger partial charge on any atom is 0.407 e. The van der Waals surface area contributed by atoms with Crippen LogP contribution >= 0.6 is 0 Å². The molecule has 0 bridgehead atoms. The molecule has 7 heteroatoms. The number of nitrogens with one attached hydrogen (secondary N) is 2. The summed E-state index contributed by atoms with van der Waals surface area (Å²) >= 11 is 0. The molecule has 2 aromatic rings. The predicted molar refractivity (Wildman–Crippen MR) is 131 cm³/mol. The Morgan fingerprint density at radius 3 is 2.26 bits per heavy atom. The molecular weight excluding hydrogens is 444 g/mol. The average molecular weight is 477 g/mol. The molecule has 3 unspecified atom stereocenters. The third-order valence-corrected chi connectivity index (χ3v) is 7.96. The van der Waals surface area contributed by atoms with Gasteiger partial charge < -0.3 is 20.5 Å². The molecule has 2 aromatic carbocycles. The van der Waals surface area contributed by atoms with Crippen LogP contribution in [0.15, 0.2) is 48.5 Å². The van der Waals surface area contributed by atoms with E-state index in [1.165, 1.54) is 11.1 Å². The monoisotopic (exact) mass is 476 g/mol. The Morgan fingerprint density at radius 2 is 1.66 bits per heavy atom. The molecule has 2 saturated carbocycles. The van der Waals surface area contributed by atoms with E-state index >= 15 is 0 Å². The quantitative estimate of drug-likeness (QED) is 0.522. The fourth-order valence-electron chi connectivity index (χ4n) is 5.96. The molecule has 184 valence electrons. The maximum absolute atomic E-state index is 12.6. The van der Waals surface area contributed by atoms with Crippen LogP contribution in [0.2, 0.25) is 0 Å². The lowest BCUT2D eigenvalue weighted by Crippen LogP contribution is -2.45. The number of carbonyl (C=O) groups excluding carboxylic acids is 2. The number of rotatable bonds is 8. The van der Waals surface area contributed by atoms with E-state index in [0.717, 1.165) is 24.0 Å². The highest BCUT2D eigenvalue weighted by Gasteiger charge is 2.65. The minimum Gasteiger partial charge on any atom is -0.481 e. The molecule has 0 saturated heterocycles. The van der Waals surface area contributed by atoms with Crippen molar-refractivity contribution in [3.05, 3.63) is 59.7 Å². The van der Waals surface area contributed by atoms with Crippen molar-refractivity contribution in [2.75, 3.05) is 6.61 Å². The second-order valence-electron chi connectivity index (χ2n) is 10.9. The minimum atomic E-state index is -0.743. The standard InChI is InChI=1S/C28H32N2O5/c1-27(2,12-11-24(31)29-18-13-17-14-28(17,15-18)25(32)33)30-26(34)35-16-23-21-9-5-3-7-19(21)20-8-4-6-10-22(20)23/h3-10,17-18,23H,11-16H2,1-2H3,(H,29,31)(H,30,34)(H,32,33). The van der Waals surface area contributed by atoms with Gasteiger partial charge in [-0.1, -0.05) is 48.5 Å². The van der Waals surface area contributed by atoms with Crippen LogP contribution in [-0.4, -0.2) is 41.3 Å². The zero-order chi connectivity index (χ0) is 24.8. The SMILES string of the molecule is CC(C)(CCC(=O)NC1CC2CC2(C(=O)O)C1)NC(=O)OCC1c2ccccc2-c2ccccc21. The molecule has 3 aliphatic carbocycles. The molecule has 35 heavy (non-hydrogen) atoms. The molecule has 0 aliphatic heterocycles. The third kappa shape index (κ3) is 4.51. The Morgan fingerprint density at radius 1 is 1.03 bits per heavy atom. The van der Waals surface area contributed by atoms with Gasteiger partial charge in [-0.15, -0.1) is 0 Å². The Hall–Kier alpha value is -3.35. The van der Waals surface area contributed by atoms with Crippen molar-refractivity contribution in [3.63, 3.8) is 0 Å². The maximum atomic E-state index is 12.6. The molecule has 0 radical (unpaired) electrons. The molecule has 0 aromatic heterocycles. The van der Waals surface area contributed by atoms with Crippen LogP contribution in [0.25, 0.3) is 11.1 Å². The summed E-state index contributed by atoms with van der Waals surface area (Å²) in [6.07, 6.45) is 2.17. The minimum absolute atomic E-state index is 0.00578. The second kappa shape index (κ2) is 8.70. The second-order valence-corrected chi connectivity index (χ2v) is 10.9. The predicted octanol–water partition coefficient (Wildman–Crippen LogP) is 4.45. The zero-order valence-electron chi connectivity index (χ0n) is 20.2. The fourth-order valence-corrected chi connectivity index (χ4v) is 5.96. The smallest absolute Gasteiger partial charge is 0.407 e. The van der Waals surface area contributed by atoms with Gasteiger partial charge in [0, 0.05) is 23.9 Å². The van der Waals surface area contributed by atoms with E-state index in [-0.39, 0.29) is 36.8 Å². The van der Waals surface area contributed by atoms with Crippen LogP contribution in [0.1, 0.15) is 63.0 Å². The Balaban J connectivity index is 1.09. The molecule has 3 aliphatic rings.